The number of aromatic nitrogens is 1. The van der Waals surface area contributed by atoms with Gasteiger partial charge in [-0.2, -0.15) is 0 Å². The van der Waals surface area contributed by atoms with Gasteiger partial charge in [-0.05, 0) is 37.5 Å². The van der Waals surface area contributed by atoms with E-state index in [1.165, 1.54) is 20.3 Å². The first-order valence-corrected chi connectivity index (χ1v) is 11.2. The lowest BCUT2D eigenvalue weighted by Gasteiger charge is -2.16. The number of rotatable bonds is 5. The minimum atomic E-state index is -3.99. The standard InChI is InChI=1S/C21H21ClN2O5S/c1-11-7-13-16(23-15-5-4-6-17(25)20(13)15)10-19(11)30(26,27)24-21-14(22)8-12(28-2)9-18(21)29-3/h7-10,23-24H,4-6H2,1-3H3. The van der Waals surface area contributed by atoms with Gasteiger partial charge in [0, 0.05) is 40.7 Å². The zero-order valence-electron chi connectivity index (χ0n) is 16.8. The first-order chi connectivity index (χ1) is 14.2. The number of anilines is 1. The molecule has 0 aliphatic heterocycles. The van der Waals surface area contributed by atoms with Gasteiger partial charge in [-0.25, -0.2) is 8.42 Å². The summed E-state index contributed by atoms with van der Waals surface area (Å²) in [6, 6.07) is 6.35. The molecule has 2 N–H and O–H groups in total. The van der Waals surface area contributed by atoms with Crippen LogP contribution in [-0.2, 0) is 16.4 Å². The number of hydrogen-bond donors (Lipinski definition) is 2. The number of benzene rings is 2. The number of ketones is 1. The summed E-state index contributed by atoms with van der Waals surface area (Å²) in [5.41, 5.74) is 2.81. The van der Waals surface area contributed by atoms with Gasteiger partial charge in [0.2, 0.25) is 0 Å². The van der Waals surface area contributed by atoms with Crippen LogP contribution in [0.2, 0.25) is 5.02 Å². The van der Waals surface area contributed by atoms with Gasteiger partial charge in [0.25, 0.3) is 10.0 Å². The largest absolute Gasteiger partial charge is 0.497 e. The van der Waals surface area contributed by atoms with Crippen LogP contribution in [0.1, 0.15) is 34.5 Å². The van der Waals surface area contributed by atoms with Gasteiger partial charge < -0.3 is 14.5 Å². The van der Waals surface area contributed by atoms with E-state index in [2.05, 4.69) is 9.71 Å². The molecule has 1 aliphatic carbocycles. The van der Waals surface area contributed by atoms with Crippen LogP contribution in [0.4, 0.5) is 5.69 Å². The SMILES string of the molecule is COc1cc(Cl)c(NS(=O)(=O)c2cc3[nH]c4c(c3cc2C)C(=O)CCC4)c(OC)c1. The number of hydrogen-bond acceptors (Lipinski definition) is 5. The maximum atomic E-state index is 13.2. The van der Waals surface area contributed by atoms with Crippen LogP contribution in [-0.4, -0.2) is 33.4 Å². The van der Waals surface area contributed by atoms with E-state index < -0.39 is 10.0 Å². The highest BCUT2D eigenvalue weighted by Gasteiger charge is 2.26. The second-order valence-corrected chi connectivity index (χ2v) is 9.27. The van der Waals surface area contributed by atoms with Crippen LogP contribution < -0.4 is 14.2 Å². The van der Waals surface area contributed by atoms with E-state index in [0.717, 1.165) is 23.9 Å². The number of aromatic amines is 1. The number of Topliss-reactive ketones (excluding diaryl/α,β-unsaturated/α-hetero) is 1. The predicted molar refractivity (Wildman–Crippen MR) is 116 cm³/mol. The van der Waals surface area contributed by atoms with Crippen LogP contribution in [0.15, 0.2) is 29.2 Å². The molecule has 0 fully saturated rings. The highest BCUT2D eigenvalue weighted by molar-refractivity contribution is 7.92. The van der Waals surface area contributed by atoms with Crippen molar-refractivity contribution in [3.63, 3.8) is 0 Å². The molecule has 1 aromatic heterocycles. The van der Waals surface area contributed by atoms with Gasteiger partial charge in [-0.15, -0.1) is 0 Å². The fraction of sp³-hybridized carbons (Fsp3) is 0.286. The van der Waals surface area contributed by atoms with Crippen molar-refractivity contribution in [2.24, 2.45) is 0 Å². The lowest BCUT2D eigenvalue weighted by atomic mass is 9.94. The van der Waals surface area contributed by atoms with Gasteiger partial charge in [0.05, 0.1) is 24.1 Å². The van der Waals surface area contributed by atoms with Crippen LogP contribution >= 0.6 is 11.6 Å². The first kappa shape index (κ1) is 20.6. The quantitative estimate of drug-likeness (QED) is 0.600. The molecule has 0 unspecified atom stereocenters. The Labute approximate surface area is 179 Å². The smallest absolute Gasteiger partial charge is 0.262 e. The maximum absolute atomic E-state index is 13.2. The highest BCUT2D eigenvalue weighted by Crippen LogP contribution is 2.39. The van der Waals surface area contributed by atoms with Crippen molar-refractivity contribution in [2.45, 2.75) is 31.1 Å². The first-order valence-electron chi connectivity index (χ1n) is 9.38. The monoisotopic (exact) mass is 448 g/mol. The van der Waals surface area contributed by atoms with Crippen molar-refractivity contribution in [1.82, 2.24) is 4.98 Å². The molecule has 4 rings (SSSR count). The van der Waals surface area contributed by atoms with Crippen LogP contribution in [0.3, 0.4) is 0 Å². The minimum absolute atomic E-state index is 0.0883. The van der Waals surface area contributed by atoms with E-state index in [9.17, 15) is 13.2 Å². The Balaban J connectivity index is 1.80. The Morgan fingerprint density at radius 1 is 1.10 bits per heavy atom. The molecular weight excluding hydrogens is 428 g/mol. The molecule has 1 aliphatic rings. The number of ether oxygens (including phenoxy) is 2. The van der Waals surface area contributed by atoms with Crippen molar-refractivity contribution in [1.29, 1.82) is 0 Å². The number of halogens is 1. The average Bonchev–Trinajstić information content (AvgIpc) is 3.07. The Morgan fingerprint density at radius 2 is 1.87 bits per heavy atom. The van der Waals surface area contributed by atoms with Gasteiger partial charge in [-0.1, -0.05) is 11.6 Å². The van der Waals surface area contributed by atoms with Crippen LogP contribution in [0, 0.1) is 6.92 Å². The lowest BCUT2D eigenvalue weighted by Crippen LogP contribution is -2.15. The fourth-order valence-corrected chi connectivity index (χ4v) is 5.51. The Bertz CT molecular complexity index is 1280. The molecular formula is C21H21ClN2O5S. The second kappa shape index (κ2) is 7.52. The second-order valence-electron chi connectivity index (χ2n) is 7.21. The number of nitrogens with one attached hydrogen (secondary N) is 2. The average molecular weight is 449 g/mol. The number of carbonyl (C=O) groups excluding carboxylic acids is 1. The molecule has 2 aromatic carbocycles. The summed E-state index contributed by atoms with van der Waals surface area (Å²) in [6.07, 6.45) is 2.07. The molecule has 0 saturated carbocycles. The Kier molecular flexibility index (Phi) is 5.15. The van der Waals surface area contributed by atoms with E-state index in [1.807, 2.05) is 0 Å². The van der Waals surface area contributed by atoms with Gasteiger partial charge in [0.15, 0.2) is 5.78 Å². The molecule has 3 aromatic rings. The summed E-state index contributed by atoms with van der Waals surface area (Å²) in [5.74, 6) is 0.770. The number of H-pyrrole nitrogens is 1. The highest BCUT2D eigenvalue weighted by atomic mass is 35.5. The van der Waals surface area contributed by atoms with Crippen molar-refractivity contribution < 1.29 is 22.7 Å². The maximum Gasteiger partial charge on any atom is 0.262 e. The number of sulfonamides is 1. The normalized spacial score (nSPS) is 13.9. The van der Waals surface area contributed by atoms with Crippen molar-refractivity contribution >= 4 is 44.0 Å². The number of carbonyl (C=O) groups is 1. The molecule has 30 heavy (non-hydrogen) atoms. The molecule has 0 bridgehead atoms. The van der Waals surface area contributed by atoms with Gasteiger partial charge in [-0.3, -0.25) is 9.52 Å². The predicted octanol–water partition coefficient (Wildman–Crippen LogP) is 4.47. The number of aryl methyl sites for hydroxylation is 2. The molecule has 158 valence electrons. The molecule has 0 atom stereocenters. The fourth-order valence-electron chi connectivity index (χ4n) is 3.86. The van der Waals surface area contributed by atoms with Crippen molar-refractivity contribution in [3.05, 3.63) is 46.1 Å². The van der Waals surface area contributed by atoms with E-state index in [0.29, 0.717) is 28.8 Å². The van der Waals surface area contributed by atoms with E-state index in [-0.39, 0.29) is 27.1 Å². The molecule has 1 heterocycles. The molecule has 0 saturated heterocycles. The van der Waals surface area contributed by atoms with E-state index in [1.54, 1.807) is 25.1 Å². The molecule has 0 spiro atoms. The summed E-state index contributed by atoms with van der Waals surface area (Å²) in [7, 11) is -1.09. The minimum Gasteiger partial charge on any atom is -0.497 e. The Hall–Kier alpha value is -2.71. The summed E-state index contributed by atoms with van der Waals surface area (Å²) in [5, 5.41) is 0.903. The third kappa shape index (κ3) is 3.40. The van der Waals surface area contributed by atoms with Crippen molar-refractivity contribution in [3.8, 4) is 11.5 Å². The molecule has 9 heteroatoms. The zero-order chi connectivity index (χ0) is 21.6. The summed E-state index contributed by atoms with van der Waals surface area (Å²) >= 11 is 6.27. The van der Waals surface area contributed by atoms with Crippen molar-refractivity contribution in [2.75, 3.05) is 18.9 Å². The third-order valence-corrected chi connectivity index (χ3v) is 7.08. The molecule has 7 nitrogen and oxygen atoms in total. The lowest BCUT2D eigenvalue weighted by molar-refractivity contribution is 0.0974. The number of fused-ring (bicyclic) bond motifs is 3. The van der Waals surface area contributed by atoms with E-state index in [4.69, 9.17) is 21.1 Å². The summed E-state index contributed by atoms with van der Waals surface area (Å²) < 4.78 is 39.4. The zero-order valence-corrected chi connectivity index (χ0v) is 18.3. The summed E-state index contributed by atoms with van der Waals surface area (Å²) in [6.45, 7) is 1.70. The summed E-state index contributed by atoms with van der Waals surface area (Å²) in [4.78, 5) is 15.7. The Morgan fingerprint density at radius 3 is 2.57 bits per heavy atom. The third-order valence-electron chi connectivity index (χ3n) is 5.29. The number of methoxy groups -OCH3 is 2. The van der Waals surface area contributed by atoms with Crippen LogP contribution in [0.25, 0.3) is 10.9 Å². The molecule has 0 radical (unpaired) electrons. The topological polar surface area (TPSA) is 97.5 Å². The molecule has 0 amide bonds. The van der Waals surface area contributed by atoms with Crippen LogP contribution in [0.5, 0.6) is 11.5 Å². The van der Waals surface area contributed by atoms with E-state index >= 15 is 0 Å². The van der Waals surface area contributed by atoms with Gasteiger partial charge in [0.1, 0.15) is 17.2 Å². The van der Waals surface area contributed by atoms with Gasteiger partial charge >= 0.3 is 0 Å².